The number of furan rings is 2. The van der Waals surface area contributed by atoms with Crippen LogP contribution in [-0.4, -0.2) is 0 Å². The molecule has 0 amide bonds. The normalized spacial score (nSPS) is 11.8. The zero-order valence-electron chi connectivity index (χ0n) is 25.4. The van der Waals surface area contributed by atoms with E-state index in [2.05, 4.69) is 144 Å². The van der Waals surface area contributed by atoms with Crippen LogP contribution in [0.2, 0.25) is 0 Å². The van der Waals surface area contributed by atoms with E-state index in [0.29, 0.717) is 0 Å². The molecular formula is C44H27NO2. The molecular weight excluding hydrogens is 574 g/mol. The summed E-state index contributed by atoms with van der Waals surface area (Å²) in [4.78, 5) is 2.39. The summed E-state index contributed by atoms with van der Waals surface area (Å²) >= 11 is 0. The lowest BCUT2D eigenvalue weighted by molar-refractivity contribution is 0.668. The van der Waals surface area contributed by atoms with Crippen molar-refractivity contribution in [3.8, 4) is 11.1 Å². The summed E-state index contributed by atoms with van der Waals surface area (Å²) in [5.41, 5.74) is 9.18. The van der Waals surface area contributed by atoms with E-state index in [1.165, 1.54) is 21.9 Å². The summed E-state index contributed by atoms with van der Waals surface area (Å²) in [5.74, 6) is 0. The first-order valence-electron chi connectivity index (χ1n) is 15.9. The van der Waals surface area contributed by atoms with Gasteiger partial charge in [0.1, 0.15) is 22.3 Å². The zero-order chi connectivity index (χ0) is 30.9. The van der Waals surface area contributed by atoms with Gasteiger partial charge in [0.2, 0.25) is 0 Å². The molecule has 2 aromatic heterocycles. The minimum absolute atomic E-state index is 0.879. The van der Waals surface area contributed by atoms with Gasteiger partial charge in [0.25, 0.3) is 0 Å². The van der Waals surface area contributed by atoms with Gasteiger partial charge in [-0.2, -0.15) is 0 Å². The maximum Gasteiger partial charge on any atom is 0.136 e. The predicted octanol–water partition coefficient (Wildman–Crippen LogP) is 12.9. The van der Waals surface area contributed by atoms with Crippen LogP contribution in [0, 0.1) is 0 Å². The summed E-state index contributed by atoms with van der Waals surface area (Å²) < 4.78 is 12.6. The Morgan fingerprint density at radius 2 is 0.894 bits per heavy atom. The minimum Gasteiger partial charge on any atom is -0.456 e. The van der Waals surface area contributed by atoms with Crippen molar-refractivity contribution in [2.24, 2.45) is 0 Å². The molecule has 3 heteroatoms. The van der Waals surface area contributed by atoms with Crippen LogP contribution in [0.15, 0.2) is 173 Å². The molecule has 0 aliphatic carbocycles. The van der Waals surface area contributed by atoms with E-state index in [-0.39, 0.29) is 0 Å². The molecule has 0 unspecified atom stereocenters. The molecule has 10 aromatic rings. The van der Waals surface area contributed by atoms with Crippen LogP contribution in [0.1, 0.15) is 0 Å². The van der Waals surface area contributed by atoms with E-state index < -0.39 is 0 Å². The molecule has 0 spiro atoms. The lowest BCUT2D eigenvalue weighted by Crippen LogP contribution is -2.10. The Morgan fingerprint density at radius 3 is 1.66 bits per heavy atom. The lowest BCUT2D eigenvalue weighted by atomic mass is 9.97. The van der Waals surface area contributed by atoms with Gasteiger partial charge in [0, 0.05) is 38.3 Å². The van der Waals surface area contributed by atoms with Gasteiger partial charge in [0.15, 0.2) is 0 Å². The van der Waals surface area contributed by atoms with Gasteiger partial charge in [-0.3, -0.25) is 0 Å². The Kier molecular flexibility index (Phi) is 5.57. The van der Waals surface area contributed by atoms with Gasteiger partial charge in [-0.25, -0.2) is 0 Å². The molecule has 8 aromatic carbocycles. The highest BCUT2D eigenvalue weighted by Crippen LogP contribution is 2.46. The van der Waals surface area contributed by atoms with Gasteiger partial charge in [0.05, 0.1) is 5.69 Å². The van der Waals surface area contributed by atoms with Gasteiger partial charge >= 0.3 is 0 Å². The van der Waals surface area contributed by atoms with Crippen LogP contribution in [0.25, 0.3) is 76.5 Å². The number of hydrogen-bond donors (Lipinski definition) is 0. The summed E-state index contributed by atoms with van der Waals surface area (Å²) in [7, 11) is 0. The van der Waals surface area contributed by atoms with Crippen LogP contribution < -0.4 is 4.90 Å². The lowest BCUT2D eigenvalue weighted by Gasteiger charge is -2.28. The zero-order valence-corrected chi connectivity index (χ0v) is 25.4. The number of rotatable bonds is 4. The first-order valence-corrected chi connectivity index (χ1v) is 15.9. The molecule has 0 saturated heterocycles. The Bertz CT molecular complexity index is 2790. The molecule has 0 radical (unpaired) electrons. The second kappa shape index (κ2) is 10.1. The van der Waals surface area contributed by atoms with Crippen LogP contribution >= 0.6 is 0 Å². The second-order valence-electron chi connectivity index (χ2n) is 12.1. The first kappa shape index (κ1) is 26.0. The number of para-hydroxylation sites is 2. The molecule has 0 N–H and O–H groups in total. The van der Waals surface area contributed by atoms with Crippen molar-refractivity contribution in [3.63, 3.8) is 0 Å². The van der Waals surface area contributed by atoms with Crippen LogP contribution in [0.3, 0.4) is 0 Å². The first-order chi connectivity index (χ1) is 23.3. The molecule has 220 valence electrons. The third-order valence-electron chi connectivity index (χ3n) is 9.43. The van der Waals surface area contributed by atoms with Gasteiger partial charge in [-0.1, -0.05) is 103 Å². The molecule has 47 heavy (non-hydrogen) atoms. The average molecular weight is 602 g/mol. The van der Waals surface area contributed by atoms with E-state index in [0.717, 1.165) is 71.7 Å². The Balaban J connectivity index is 1.29. The topological polar surface area (TPSA) is 29.5 Å². The predicted molar refractivity (Wildman–Crippen MR) is 196 cm³/mol. The number of benzene rings is 8. The largest absolute Gasteiger partial charge is 0.456 e. The van der Waals surface area contributed by atoms with Crippen molar-refractivity contribution < 1.29 is 8.83 Å². The number of hydrogen-bond acceptors (Lipinski definition) is 3. The maximum absolute atomic E-state index is 6.39. The van der Waals surface area contributed by atoms with Crippen molar-refractivity contribution in [3.05, 3.63) is 164 Å². The molecule has 0 fully saturated rings. The van der Waals surface area contributed by atoms with Crippen LogP contribution in [-0.2, 0) is 0 Å². The maximum atomic E-state index is 6.39. The van der Waals surface area contributed by atoms with Crippen molar-refractivity contribution in [1.29, 1.82) is 0 Å². The molecule has 10 rings (SSSR count). The summed E-state index contributed by atoms with van der Waals surface area (Å²) in [5, 5.41) is 9.12. The number of anilines is 3. The van der Waals surface area contributed by atoms with Crippen molar-refractivity contribution in [2.75, 3.05) is 4.90 Å². The fraction of sp³-hybridized carbons (Fsp3) is 0. The molecule has 0 saturated carbocycles. The van der Waals surface area contributed by atoms with Crippen molar-refractivity contribution in [1.82, 2.24) is 0 Å². The molecule has 0 aliphatic rings. The third-order valence-corrected chi connectivity index (χ3v) is 9.43. The van der Waals surface area contributed by atoms with Crippen LogP contribution in [0.4, 0.5) is 17.1 Å². The van der Waals surface area contributed by atoms with Gasteiger partial charge < -0.3 is 13.7 Å². The Morgan fingerprint density at radius 1 is 0.319 bits per heavy atom. The number of fused-ring (bicyclic) bond motifs is 9. The summed E-state index contributed by atoms with van der Waals surface area (Å²) in [6.07, 6.45) is 0. The van der Waals surface area contributed by atoms with E-state index in [1.54, 1.807) is 0 Å². The Labute approximate surface area is 270 Å². The minimum atomic E-state index is 0.879. The molecule has 0 bridgehead atoms. The smallest absolute Gasteiger partial charge is 0.136 e. The quantitative estimate of drug-likeness (QED) is 0.188. The molecule has 0 atom stereocenters. The highest BCUT2D eigenvalue weighted by Gasteiger charge is 2.21. The fourth-order valence-electron chi connectivity index (χ4n) is 7.20. The van der Waals surface area contributed by atoms with Gasteiger partial charge in [-0.15, -0.1) is 0 Å². The SMILES string of the molecule is c1ccc(-c2ccc(N(c3ccc4oc5ccccc5c4c3)c3cc4ccccc4c4cc5oc6ccccc6c5cc34)cc2)cc1. The highest BCUT2D eigenvalue weighted by atomic mass is 16.3. The van der Waals surface area contributed by atoms with E-state index in [4.69, 9.17) is 8.83 Å². The average Bonchev–Trinajstić information content (AvgIpc) is 3.69. The second-order valence-corrected chi connectivity index (χ2v) is 12.1. The van der Waals surface area contributed by atoms with Crippen molar-refractivity contribution >= 4 is 82.5 Å². The fourth-order valence-corrected chi connectivity index (χ4v) is 7.20. The summed E-state index contributed by atoms with van der Waals surface area (Å²) in [6, 6.07) is 58.0. The highest BCUT2D eigenvalue weighted by molar-refractivity contribution is 6.21. The standard InChI is InChI=1S/C44H27NO2/c1-2-10-28(11-3-1)29-18-20-31(21-19-29)45(32-22-23-43-38(25-32)34-14-6-8-16-41(34)46-43)40-24-30-12-4-5-13-33(30)36-27-44-39(26-37(36)40)35-15-7-9-17-42(35)47-44/h1-27H. The molecule has 3 nitrogen and oxygen atoms in total. The van der Waals surface area contributed by atoms with Gasteiger partial charge in [-0.05, 0) is 87.9 Å². The molecule has 2 heterocycles. The Hall–Kier alpha value is -6.32. The summed E-state index contributed by atoms with van der Waals surface area (Å²) in [6.45, 7) is 0. The molecule has 0 aliphatic heterocycles. The van der Waals surface area contributed by atoms with E-state index >= 15 is 0 Å². The monoisotopic (exact) mass is 601 g/mol. The van der Waals surface area contributed by atoms with E-state index in [1.807, 2.05) is 24.3 Å². The van der Waals surface area contributed by atoms with Crippen LogP contribution in [0.5, 0.6) is 0 Å². The number of nitrogens with zero attached hydrogens (tertiary/aromatic N) is 1. The van der Waals surface area contributed by atoms with E-state index in [9.17, 15) is 0 Å². The van der Waals surface area contributed by atoms with Crippen molar-refractivity contribution in [2.45, 2.75) is 0 Å². The third kappa shape index (κ3) is 4.07.